The van der Waals surface area contributed by atoms with Gasteiger partial charge in [0.05, 0.1) is 16.6 Å². The lowest BCUT2D eigenvalue weighted by Crippen LogP contribution is -2.24. The number of thiophene rings is 1. The van der Waals surface area contributed by atoms with Gasteiger partial charge in [0.1, 0.15) is 17.6 Å². The van der Waals surface area contributed by atoms with Crippen LogP contribution in [0.3, 0.4) is 0 Å². The second-order valence-corrected chi connectivity index (χ2v) is 9.64. The minimum Gasteiger partial charge on any atom is -0.454 e. The Morgan fingerprint density at radius 3 is 2.34 bits per heavy atom. The number of para-hydroxylation sites is 2. The zero-order chi connectivity index (χ0) is 24.4. The van der Waals surface area contributed by atoms with E-state index in [0.29, 0.717) is 32.4 Å². The Bertz CT molecular complexity index is 1500. The molecular weight excluding hydrogens is 462 g/mol. The fourth-order valence-electron chi connectivity index (χ4n) is 4.68. The van der Waals surface area contributed by atoms with Gasteiger partial charge in [-0.3, -0.25) is 14.4 Å². The van der Waals surface area contributed by atoms with Gasteiger partial charge in [0.2, 0.25) is 0 Å². The number of carbonyl (C=O) groups excluding carboxylic acids is 2. The fourth-order valence-corrected chi connectivity index (χ4v) is 5.94. The molecule has 0 atom stereocenters. The second kappa shape index (κ2) is 9.72. The van der Waals surface area contributed by atoms with Crippen molar-refractivity contribution in [3.63, 3.8) is 0 Å². The molecule has 0 fully saturated rings. The van der Waals surface area contributed by atoms with Crippen molar-refractivity contribution in [3.8, 4) is 6.07 Å². The SMILES string of the molecule is N#Cc1c(NC(=O)COC(=O)Cn2c3ccccc3c(=O)c3ccccc32)sc2c1CCCCC2. The number of rotatable bonds is 5. The van der Waals surface area contributed by atoms with Gasteiger partial charge in [-0.15, -0.1) is 11.3 Å². The number of anilines is 1. The van der Waals surface area contributed by atoms with E-state index in [-0.39, 0.29) is 12.0 Å². The van der Waals surface area contributed by atoms with E-state index in [1.54, 1.807) is 53.1 Å². The van der Waals surface area contributed by atoms with Crippen molar-refractivity contribution in [1.29, 1.82) is 5.26 Å². The fraction of sp³-hybridized carbons (Fsp3) is 0.259. The maximum Gasteiger partial charge on any atom is 0.326 e. The predicted octanol–water partition coefficient (Wildman–Crippen LogP) is 4.54. The molecule has 1 aliphatic rings. The van der Waals surface area contributed by atoms with Crippen molar-refractivity contribution in [2.24, 2.45) is 0 Å². The number of aromatic nitrogens is 1. The first-order valence-corrected chi connectivity index (χ1v) is 12.4. The molecule has 7 nitrogen and oxygen atoms in total. The lowest BCUT2D eigenvalue weighted by atomic mass is 10.1. The van der Waals surface area contributed by atoms with Crippen LogP contribution in [-0.2, 0) is 33.7 Å². The van der Waals surface area contributed by atoms with Crippen molar-refractivity contribution in [2.45, 2.75) is 38.6 Å². The summed E-state index contributed by atoms with van der Waals surface area (Å²) in [4.78, 5) is 39.3. The summed E-state index contributed by atoms with van der Waals surface area (Å²) in [5.41, 5.74) is 2.72. The summed E-state index contributed by atoms with van der Waals surface area (Å²) < 4.78 is 7.01. The Hall–Kier alpha value is -3.96. The first kappa shape index (κ1) is 22.8. The molecule has 2 heterocycles. The molecule has 0 unspecified atom stereocenters. The van der Waals surface area contributed by atoms with E-state index >= 15 is 0 Å². The number of aryl methyl sites for hydroxylation is 1. The average Bonchev–Trinajstić information content (AvgIpc) is 3.03. The molecule has 2 aromatic carbocycles. The summed E-state index contributed by atoms with van der Waals surface area (Å²) in [6, 6.07) is 16.4. The molecule has 4 aromatic rings. The molecule has 0 saturated heterocycles. The summed E-state index contributed by atoms with van der Waals surface area (Å²) in [7, 11) is 0. The molecule has 2 aromatic heterocycles. The Morgan fingerprint density at radius 2 is 1.66 bits per heavy atom. The minimum absolute atomic E-state index is 0.0946. The highest BCUT2D eigenvalue weighted by Crippen LogP contribution is 2.36. The number of nitrogens with zero attached hydrogens (tertiary/aromatic N) is 2. The topological polar surface area (TPSA) is 101 Å². The van der Waals surface area contributed by atoms with E-state index in [0.717, 1.165) is 42.5 Å². The lowest BCUT2D eigenvalue weighted by molar-refractivity contribution is -0.147. The minimum atomic E-state index is -0.596. The van der Waals surface area contributed by atoms with E-state index in [2.05, 4.69) is 11.4 Å². The van der Waals surface area contributed by atoms with Crippen molar-refractivity contribution in [1.82, 2.24) is 4.57 Å². The maximum atomic E-state index is 12.9. The van der Waals surface area contributed by atoms with Gasteiger partial charge in [-0.25, -0.2) is 0 Å². The van der Waals surface area contributed by atoms with E-state index in [1.165, 1.54) is 11.3 Å². The molecular formula is C27H23N3O4S. The van der Waals surface area contributed by atoms with Crippen LogP contribution < -0.4 is 10.7 Å². The third-order valence-electron chi connectivity index (χ3n) is 6.32. The van der Waals surface area contributed by atoms with E-state index in [4.69, 9.17) is 4.74 Å². The van der Waals surface area contributed by atoms with Crippen molar-refractivity contribution in [3.05, 3.63) is 74.8 Å². The van der Waals surface area contributed by atoms with Crippen LogP contribution in [0.4, 0.5) is 5.00 Å². The molecule has 1 N–H and O–H groups in total. The van der Waals surface area contributed by atoms with Crippen LogP contribution in [0.1, 0.15) is 35.3 Å². The second-order valence-electron chi connectivity index (χ2n) is 8.54. The van der Waals surface area contributed by atoms with Gasteiger partial charge >= 0.3 is 5.97 Å². The van der Waals surface area contributed by atoms with E-state index in [9.17, 15) is 19.6 Å². The van der Waals surface area contributed by atoms with Crippen LogP contribution in [0.25, 0.3) is 21.8 Å². The highest BCUT2D eigenvalue weighted by atomic mass is 32.1. The predicted molar refractivity (Wildman–Crippen MR) is 136 cm³/mol. The van der Waals surface area contributed by atoms with Gasteiger partial charge in [-0.05, 0) is 55.5 Å². The number of carbonyl (C=O) groups is 2. The third-order valence-corrected chi connectivity index (χ3v) is 7.52. The Morgan fingerprint density at radius 1 is 1.00 bits per heavy atom. The number of hydrogen-bond acceptors (Lipinski definition) is 6. The molecule has 0 spiro atoms. The largest absolute Gasteiger partial charge is 0.454 e. The van der Waals surface area contributed by atoms with Crippen LogP contribution in [0.15, 0.2) is 53.3 Å². The molecule has 1 amide bonds. The quantitative estimate of drug-likeness (QED) is 0.254. The molecule has 176 valence electrons. The third kappa shape index (κ3) is 4.43. The highest BCUT2D eigenvalue weighted by Gasteiger charge is 2.21. The Kier molecular flexibility index (Phi) is 6.34. The van der Waals surface area contributed by atoms with Crippen molar-refractivity contribution >= 4 is 50.0 Å². The number of esters is 1. The zero-order valence-corrected chi connectivity index (χ0v) is 19.8. The molecule has 0 bridgehead atoms. The summed E-state index contributed by atoms with van der Waals surface area (Å²) >= 11 is 1.44. The summed E-state index contributed by atoms with van der Waals surface area (Å²) in [6.45, 7) is -0.604. The highest BCUT2D eigenvalue weighted by molar-refractivity contribution is 7.16. The monoisotopic (exact) mass is 485 g/mol. The number of pyridine rings is 1. The summed E-state index contributed by atoms with van der Waals surface area (Å²) in [5.74, 6) is -1.08. The molecule has 0 aliphatic heterocycles. The molecule has 1 aliphatic carbocycles. The van der Waals surface area contributed by atoms with Crippen molar-refractivity contribution < 1.29 is 14.3 Å². The Labute approximate surface area is 205 Å². The van der Waals surface area contributed by atoms with Crippen LogP contribution >= 0.6 is 11.3 Å². The molecule has 35 heavy (non-hydrogen) atoms. The summed E-state index contributed by atoms with van der Waals surface area (Å²) in [5, 5.41) is 13.9. The van der Waals surface area contributed by atoms with Crippen LogP contribution in [0.5, 0.6) is 0 Å². The lowest BCUT2D eigenvalue weighted by Gasteiger charge is -2.14. The molecule has 8 heteroatoms. The molecule has 0 saturated carbocycles. The number of nitriles is 1. The number of benzene rings is 2. The zero-order valence-electron chi connectivity index (χ0n) is 19.0. The standard InChI is InChI=1S/C27H23N3O4S/c28-14-20-17-8-2-1-3-13-23(17)35-27(20)29-24(31)16-34-25(32)15-30-21-11-6-4-9-18(21)26(33)19-10-5-7-12-22(19)30/h4-7,9-12H,1-3,8,13,15-16H2,(H,29,31). The summed E-state index contributed by atoms with van der Waals surface area (Å²) in [6.07, 6.45) is 5.03. The number of hydrogen-bond donors (Lipinski definition) is 1. The maximum absolute atomic E-state index is 12.9. The van der Waals surface area contributed by atoms with Gasteiger partial charge in [-0.1, -0.05) is 30.7 Å². The normalized spacial score (nSPS) is 13.1. The van der Waals surface area contributed by atoms with Crippen LogP contribution in [-0.4, -0.2) is 23.1 Å². The van der Waals surface area contributed by atoms with Crippen LogP contribution in [0, 0.1) is 11.3 Å². The van der Waals surface area contributed by atoms with Gasteiger partial charge < -0.3 is 14.6 Å². The molecule has 0 radical (unpaired) electrons. The Balaban J connectivity index is 1.32. The molecule has 5 rings (SSSR count). The van der Waals surface area contributed by atoms with Gasteiger partial charge in [0.25, 0.3) is 5.91 Å². The van der Waals surface area contributed by atoms with Gasteiger partial charge in [0.15, 0.2) is 12.0 Å². The van der Waals surface area contributed by atoms with E-state index < -0.39 is 18.5 Å². The number of ether oxygens (including phenoxy) is 1. The van der Waals surface area contributed by atoms with Gasteiger partial charge in [0, 0.05) is 15.6 Å². The number of nitrogens with one attached hydrogen (secondary N) is 1. The van der Waals surface area contributed by atoms with Crippen molar-refractivity contribution in [2.75, 3.05) is 11.9 Å². The van der Waals surface area contributed by atoms with Gasteiger partial charge in [-0.2, -0.15) is 5.26 Å². The first-order chi connectivity index (χ1) is 17.1. The average molecular weight is 486 g/mol. The first-order valence-electron chi connectivity index (χ1n) is 11.6. The number of amides is 1. The van der Waals surface area contributed by atoms with E-state index in [1.807, 2.05) is 0 Å². The van der Waals surface area contributed by atoms with Crippen LogP contribution in [0.2, 0.25) is 0 Å². The number of fused-ring (bicyclic) bond motifs is 3. The smallest absolute Gasteiger partial charge is 0.326 e.